The van der Waals surface area contributed by atoms with Crippen molar-refractivity contribution in [1.29, 1.82) is 0 Å². The first-order valence-corrected chi connectivity index (χ1v) is 8.66. The molecule has 2 rings (SSSR count). The quantitative estimate of drug-likeness (QED) is 0.790. The Morgan fingerprint density at radius 1 is 1.43 bits per heavy atom. The maximum absolute atomic E-state index is 6.54. The summed E-state index contributed by atoms with van der Waals surface area (Å²) >= 11 is 6.54. The van der Waals surface area contributed by atoms with E-state index in [0.29, 0.717) is 5.92 Å². The Hall–Kier alpha value is -0.540. The van der Waals surface area contributed by atoms with E-state index < -0.39 is 0 Å². The minimum Gasteiger partial charge on any atom is -0.316 e. The lowest BCUT2D eigenvalue weighted by atomic mass is 9.80. The first-order valence-electron chi connectivity index (χ1n) is 8.28. The van der Waals surface area contributed by atoms with Crippen LogP contribution in [0.3, 0.4) is 0 Å². The van der Waals surface area contributed by atoms with E-state index >= 15 is 0 Å². The number of nitrogens with zero attached hydrogens (tertiary/aromatic N) is 2. The highest BCUT2D eigenvalue weighted by Gasteiger charge is 2.42. The van der Waals surface area contributed by atoms with Gasteiger partial charge in [0, 0.05) is 13.6 Å². The second-order valence-corrected chi connectivity index (χ2v) is 7.69. The smallest absolute Gasteiger partial charge is 0.0849 e. The van der Waals surface area contributed by atoms with Crippen molar-refractivity contribution in [3.63, 3.8) is 0 Å². The molecule has 1 aromatic rings. The molecule has 0 aliphatic heterocycles. The van der Waals surface area contributed by atoms with Crippen LogP contribution >= 0.6 is 11.6 Å². The lowest BCUT2D eigenvalue weighted by Gasteiger charge is -2.31. The van der Waals surface area contributed by atoms with Crippen LogP contribution in [0.2, 0.25) is 5.02 Å². The Kier molecular flexibility index (Phi) is 5.37. The summed E-state index contributed by atoms with van der Waals surface area (Å²) in [4.78, 5) is 0. The molecule has 21 heavy (non-hydrogen) atoms. The van der Waals surface area contributed by atoms with Crippen LogP contribution in [-0.2, 0) is 19.9 Å². The maximum atomic E-state index is 6.54. The molecule has 1 aliphatic carbocycles. The molecular formula is C17H30ClN3. The van der Waals surface area contributed by atoms with Gasteiger partial charge in [-0.15, -0.1) is 0 Å². The number of halogens is 1. The van der Waals surface area contributed by atoms with Gasteiger partial charge in [-0.25, -0.2) is 0 Å². The third-order valence-electron chi connectivity index (χ3n) is 4.72. The number of aryl methyl sites for hydroxylation is 2. The van der Waals surface area contributed by atoms with Crippen LogP contribution < -0.4 is 5.32 Å². The predicted octanol–water partition coefficient (Wildman–Crippen LogP) is 3.84. The predicted molar refractivity (Wildman–Crippen MR) is 89.8 cm³/mol. The topological polar surface area (TPSA) is 29.9 Å². The lowest BCUT2D eigenvalue weighted by Crippen LogP contribution is -2.37. The molecule has 1 unspecified atom stereocenters. The third kappa shape index (κ3) is 4.01. The molecule has 4 heteroatoms. The van der Waals surface area contributed by atoms with E-state index in [0.717, 1.165) is 42.6 Å². The molecule has 0 amide bonds. The van der Waals surface area contributed by atoms with Crippen molar-refractivity contribution < 1.29 is 0 Å². The second kappa shape index (κ2) is 6.70. The fourth-order valence-electron chi connectivity index (χ4n) is 3.17. The van der Waals surface area contributed by atoms with Crippen LogP contribution in [0, 0.1) is 17.3 Å². The van der Waals surface area contributed by atoms with Crippen LogP contribution in [0.15, 0.2) is 0 Å². The average molecular weight is 312 g/mol. The molecule has 1 fully saturated rings. The van der Waals surface area contributed by atoms with E-state index in [1.165, 1.54) is 18.5 Å². The van der Waals surface area contributed by atoms with Crippen LogP contribution in [0.4, 0.5) is 0 Å². The molecule has 1 aromatic heterocycles. The van der Waals surface area contributed by atoms with Gasteiger partial charge < -0.3 is 5.32 Å². The highest BCUT2D eigenvalue weighted by Crippen LogP contribution is 2.47. The van der Waals surface area contributed by atoms with E-state index in [1.54, 1.807) is 0 Å². The van der Waals surface area contributed by atoms with E-state index in [2.05, 4.69) is 38.1 Å². The van der Waals surface area contributed by atoms with Crippen molar-refractivity contribution in [2.45, 2.75) is 53.4 Å². The Bertz CT molecular complexity index is 477. The molecule has 1 heterocycles. The Morgan fingerprint density at radius 3 is 2.57 bits per heavy atom. The van der Waals surface area contributed by atoms with Gasteiger partial charge in [0.2, 0.25) is 0 Å². The monoisotopic (exact) mass is 311 g/mol. The van der Waals surface area contributed by atoms with E-state index in [4.69, 9.17) is 11.6 Å². The van der Waals surface area contributed by atoms with Crippen LogP contribution in [0.25, 0.3) is 0 Å². The summed E-state index contributed by atoms with van der Waals surface area (Å²) in [6.07, 6.45) is 4.63. The van der Waals surface area contributed by atoms with Gasteiger partial charge >= 0.3 is 0 Å². The number of nitrogens with one attached hydrogen (secondary N) is 1. The largest absolute Gasteiger partial charge is 0.316 e. The van der Waals surface area contributed by atoms with Gasteiger partial charge in [-0.3, -0.25) is 4.68 Å². The van der Waals surface area contributed by atoms with Gasteiger partial charge in [0.25, 0.3) is 0 Å². The minimum absolute atomic E-state index is 0.289. The molecule has 0 spiro atoms. The molecule has 1 atom stereocenters. The third-order valence-corrected chi connectivity index (χ3v) is 5.15. The van der Waals surface area contributed by atoms with Gasteiger partial charge in [0.05, 0.1) is 16.4 Å². The number of aromatic nitrogens is 2. The molecule has 1 saturated carbocycles. The normalized spacial score (nSPS) is 18.2. The van der Waals surface area contributed by atoms with E-state index in [9.17, 15) is 0 Å². The van der Waals surface area contributed by atoms with Crippen molar-refractivity contribution in [2.75, 3.05) is 13.1 Å². The molecule has 3 nitrogen and oxygen atoms in total. The zero-order valence-corrected chi connectivity index (χ0v) is 14.9. The summed E-state index contributed by atoms with van der Waals surface area (Å²) in [6.45, 7) is 11.2. The van der Waals surface area contributed by atoms with Crippen molar-refractivity contribution in [2.24, 2.45) is 24.3 Å². The zero-order valence-electron chi connectivity index (χ0n) is 14.2. The first-order chi connectivity index (χ1) is 9.87. The molecule has 1 N–H and O–H groups in total. The zero-order chi connectivity index (χ0) is 15.6. The van der Waals surface area contributed by atoms with Crippen LogP contribution in [0.1, 0.15) is 51.9 Å². The molecule has 0 saturated heterocycles. The standard InChI is InChI=1S/C17H30ClN3/c1-6-14-16(18)15(21(5)20-14)9-17(4,13-7-8-13)11-19-10-12(2)3/h12-13,19H,6-11H2,1-5H3. The van der Waals surface area contributed by atoms with Gasteiger partial charge in [-0.1, -0.05) is 39.3 Å². The molecule has 0 radical (unpaired) electrons. The molecule has 120 valence electrons. The lowest BCUT2D eigenvalue weighted by molar-refractivity contribution is 0.247. The highest BCUT2D eigenvalue weighted by atomic mass is 35.5. The van der Waals surface area contributed by atoms with Gasteiger partial charge in [0.1, 0.15) is 0 Å². The van der Waals surface area contributed by atoms with Crippen molar-refractivity contribution in [3.8, 4) is 0 Å². The summed E-state index contributed by atoms with van der Waals surface area (Å²) in [5, 5.41) is 9.10. The number of hydrogen-bond acceptors (Lipinski definition) is 2. The summed E-state index contributed by atoms with van der Waals surface area (Å²) in [5.74, 6) is 1.52. The fraction of sp³-hybridized carbons (Fsp3) is 0.824. The molecule has 0 aromatic carbocycles. The minimum atomic E-state index is 0.289. The Labute approximate surface area is 134 Å². The second-order valence-electron chi connectivity index (χ2n) is 7.31. The molecule has 0 bridgehead atoms. The van der Waals surface area contributed by atoms with Gasteiger partial charge in [-0.05, 0) is 49.5 Å². The van der Waals surface area contributed by atoms with E-state index in [1.807, 2.05) is 11.7 Å². The van der Waals surface area contributed by atoms with Gasteiger partial charge in [0.15, 0.2) is 0 Å². The average Bonchev–Trinajstić information content (AvgIpc) is 3.22. The Balaban J connectivity index is 2.10. The van der Waals surface area contributed by atoms with Gasteiger partial charge in [-0.2, -0.15) is 5.10 Å². The SMILES string of the molecule is CCc1nn(C)c(CC(C)(CNCC(C)C)C2CC2)c1Cl. The Morgan fingerprint density at radius 2 is 2.10 bits per heavy atom. The van der Waals surface area contributed by atoms with Crippen LogP contribution in [0.5, 0.6) is 0 Å². The number of rotatable bonds is 8. The van der Waals surface area contributed by atoms with Crippen molar-refractivity contribution in [3.05, 3.63) is 16.4 Å². The van der Waals surface area contributed by atoms with Crippen molar-refractivity contribution in [1.82, 2.24) is 15.1 Å². The van der Waals surface area contributed by atoms with Crippen molar-refractivity contribution >= 4 is 11.6 Å². The summed E-state index contributed by atoms with van der Waals surface area (Å²) in [7, 11) is 2.02. The van der Waals surface area contributed by atoms with Crippen LogP contribution in [-0.4, -0.2) is 22.9 Å². The molecule has 1 aliphatic rings. The molecular weight excluding hydrogens is 282 g/mol. The van der Waals surface area contributed by atoms with E-state index in [-0.39, 0.29) is 5.41 Å². The maximum Gasteiger partial charge on any atom is 0.0849 e. The summed E-state index contributed by atoms with van der Waals surface area (Å²) in [6, 6.07) is 0. The highest BCUT2D eigenvalue weighted by molar-refractivity contribution is 6.31. The summed E-state index contributed by atoms with van der Waals surface area (Å²) in [5.41, 5.74) is 2.52. The fourth-order valence-corrected chi connectivity index (χ4v) is 3.53. The summed E-state index contributed by atoms with van der Waals surface area (Å²) < 4.78 is 1.99. The first kappa shape index (κ1) is 16.8. The number of hydrogen-bond donors (Lipinski definition) is 1.